The molecule has 0 aliphatic carbocycles. The van der Waals surface area contributed by atoms with Gasteiger partial charge in [0.2, 0.25) is 5.91 Å². The number of nitriles is 1. The van der Waals surface area contributed by atoms with Crippen LogP contribution >= 0.6 is 11.8 Å². The number of amides is 1. The number of carbonyl (C=O) groups excluding carboxylic acids is 1. The van der Waals surface area contributed by atoms with E-state index in [1.807, 2.05) is 5.40 Å². The van der Waals surface area contributed by atoms with E-state index in [1.165, 1.54) is 0 Å². The van der Waals surface area contributed by atoms with Crippen LogP contribution in [0.25, 0.3) is 0 Å². The Morgan fingerprint density at radius 3 is 2.46 bits per heavy atom. The molecule has 0 spiro atoms. The maximum absolute atomic E-state index is 12.2. The first-order valence-electron chi connectivity index (χ1n) is 12.1. The minimum absolute atomic E-state index is 0.146. The number of thioether (sulfide) groups is 1. The first-order valence-corrected chi connectivity index (χ1v) is 12.9. The molecule has 1 unspecified atom stereocenters. The lowest BCUT2D eigenvalue weighted by Crippen LogP contribution is -2.27. The van der Waals surface area contributed by atoms with Crippen LogP contribution in [-0.2, 0) is 23.7 Å². The van der Waals surface area contributed by atoms with Gasteiger partial charge in [0.25, 0.3) is 0 Å². The zero-order valence-electron chi connectivity index (χ0n) is 21.4. The van der Waals surface area contributed by atoms with Crippen LogP contribution in [0.3, 0.4) is 0 Å². The van der Waals surface area contributed by atoms with E-state index in [0.29, 0.717) is 69.6 Å². The van der Waals surface area contributed by atoms with Crippen LogP contribution in [0.15, 0.2) is 24.3 Å². The van der Waals surface area contributed by atoms with Crippen molar-refractivity contribution in [3.63, 3.8) is 0 Å². The van der Waals surface area contributed by atoms with E-state index in [0.717, 1.165) is 18.3 Å². The average molecular weight is 512 g/mol. The fourth-order valence-corrected chi connectivity index (χ4v) is 3.11. The van der Waals surface area contributed by atoms with Gasteiger partial charge in [-0.15, -0.1) is 0 Å². The first kappa shape index (κ1) is 31.2. The molecule has 0 saturated heterocycles. The molecule has 0 aromatic heterocycles. The van der Waals surface area contributed by atoms with E-state index in [9.17, 15) is 4.79 Å². The molecule has 0 aliphatic rings. The van der Waals surface area contributed by atoms with Gasteiger partial charge >= 0.3 is 0 Å². The van der Waals surface area contributed by atoms with Crippen molar-refractivity contribution in [3.8, 4) is 11.2 Å². The molecule has 1 amide bonds. The lowest BCUT2D eigenvalue weighted by Gasteiger charge is -2.16. The summed E-state index contributed by atoms with van der Waals surface area (Å²) >= 11 is 1.00. The average Bonchev–Trinajstić information content (AvgIpc) is 2.81. The molecule has 198 valence electrons. The van der Waals surface area contributed by atoms with Crippen LogP contribution in [0.1, 0.15) is 34.1 Å². The van der Waals surface area contributed by atoms with Gasteiger partial charge in [-0.3, -0.25) is 4.79 Å². The monoisotopic (exact) mass is 511 g/mol. The van der Waals surface area contributed by atoms with Crippen molar-refractivity contribution in [1.29, 1.82) is 5.26 Å². The summed E-state index contributed by atoms with van der Waals surface area (Å²) in [6.45, 7) is 12.8. The second-order valence-corrected chi connectivity index (χ2v) is 9.39. The molecule has 0 heterocycles. The van der Waals surface area contributed by atoms with Crippen LogP contribution in [0.4, 0.5) is 5.69 Å². The number of ether oxygens (including phenoxy) is 5. The van der Waals surface area contributed by atoms with Crippen LogP contribution in [0.5, 0.6) is 5.75 Å². The van der Waals surface area contributed by atoms with E-state index in [4.69, 9.17) is 28.9 Å². The summed E-state index contributed by atoms with van der Waals surface area (Å²) in [5.41, 5.74) is 0.189. The van der Waals surface area contributed by atoms with Gasteiger partial charge in [0.15, 0.2) is 5.44 Å². The van der Waals surface area contributed by atoms with Crippen molar-refractivity contribution >= 4 is 23.4 Å². The fraction of sp³-hybridized carbons (Fsp3) is 0.680. The number of hydrogen-bond acceptors (Lipinski definition) is 9. The first-order chi connectivity index (χ1) is 16.9. The standard InChI is InChI=1S/C25H41N3O6S/c1-20(2)17-32-14-15-33-25(35-19-26)18-34-23-7-5-6-22(16-23)28-24(29)8-10-30-12-13-31-11-9-27-21(3)4/h5-7,16,20-21,25,27H,8-15,17-18H2,1-4H3,(H,28,29). The fourth-order valence-electron chi connectivity index (χ4n) is 2.69. The van der Waals surface area contributed by atoms with Crippen LogP contribution in [0.2, 0.25) is 0 Å². The third kappa shape index (κ3) is 18.1. The molecule has 35 heavy (non-hydrogen) atoms. The van der Waals surface area contributed by atoms with E-state index in [1.54, 1.807) is 24.3 Å². The molecule has 1 aromatic rings. The Morgan fingerprint density at radius 2 is 1.74 bits per heavy atom. The Bertz CT molecular complexity index is 729. The van der Waals surface area contributed by atoms with Crippen molar-refractivity contribution in [2.24, 2.45) is 5.92 Å². The molecule has 1 atom stereocenters. The van der Waals surface area contributed by atoms with Crippen molar-refractivity contribution < 1.29 is 28.5 Å². The number of thiocyanates is 1. The molecule has 1 aromatic carbocycles. The van der Waals surface area contributed by atoms with Crippen LogP contribution < -0.4 is 15.4 Å². The predicted octanol–water partition coefficient (Wildman–Crippen LogP) is 3.65. The third-order valence-corrected chi connectivity index (χ3v) is 4.96. The maximum atomic E-state index is 12.2. The Balaban J connectivity index is 2.25. The number of hydrogen-bond donors (Lipinski definition) is 2. The topological polar surface area (TPSA) is 111 Å². The van der Waals surface area contributed by atoms with Crippen LogP contribution in [-0.4, -0.2) is 76.8 Å². The summed E-state index contributed by atoms with van der Waals surface area (Å²) in [4.78, 5) is 12.2. The van der Waals surface area contributed by atoms with Gasteiger partial charge in [0, 0.05) is 30.9 Å². The van der Waals surface area contributed by atoms with E-state index in [-0.39, 0.29) is 18.9 Å². The Labute approximate surface area is 214 Å². The zero-order chi connectivity index (χ0) is 25.7. The van der Waals surface area contributed by atoms with Crippen molar-refractivity contribution in [3.05, 3.63) is 24.3 Å². The lowest BCUT2D eigenvalue weighted by molar-refractivity contribution is -0.117. The normalized spacial score (nSPS) is 12.0. The summed E-state index contributed by atoms with van der Waals surface area (Å²) < 4.78 is 27.9. The molecular formula is C25H41N3O6S. The number of nitrogens with zero attached hydrogens (tertiary/aromatic N) is 1. The summed E-state index contributed by atoms with van der Waals surface area (Å²) in [5, 5.41) is 17.1. The van der Waals surface area contributed by atoms with Gasteiger partial charge in [0.1, 0.15) is 17.8 Å². The molecular weight excluding hydrogens is 470 g/mol. The highest BCUT2D eigenvalue weighted by atomic mass is 32.2. The molecule has 0 bridgehead atoms. The summed E-state index contributed by atoms with van der Waals surface area (Å²) in [7, 11) is 0. The third-order valence-electron chi connectivity index (χ3n) is 4.32. The highest BCUT2D eigenvalue weighted by molar-refractivity contribution is 8.04. The second kappa shape index (κ2) is 20.3. The van der Waals surface area contributed by atoms with Crippen molar-refractivity contribution in [1.82, 2.24) is 5.32 Å². The number of anilines is 1. The van der Waals surface area contributed by atoms with Crippen LogP contribution in [0, 0.1) is 16.6 Å². The maximum Gasteiger partial charge on any atom is 0.226 e. The predicted molar refractivity (Wildman–Crippen MR) is 139 cm³/mol. The van der Waals surface area contributed by atoms with Gasteiger partial charge in [0.05, 0.1) is 46.1 Å². The number of nitrogens with one attached hydrogen (secondary N) is 2. The minimum atomic E-state index is -0.437. The molecule has 0 fully saturated rings. The van der Waals surface area contributed by atoms with Crippen molar-refractivity contribution in [2.45, 2.75) is 45.6 Å². The summed E-state index contributed by atoms with van der Waals surface area (Å²) in [5.74, 6) is 0.892. The Hall–Kier alpha value is -1.87. The minimum Gasteiger partial charge on any atom is -0.490 e. The number of benzene rings is 1. The summed E-state index contributed by atoms with van der Waals surface area (Å²) in [6, 6.07) is 7.54. The molecule has 0 radical (unpaired) electrons. The van der Waals surface area contributed by atoms with E-state index in [2.05, 4.69) is 38.3 Å². The van der Waals surface area contributed by atoms with Gasteiger partial charge in [-0.25, -0.2) is 0 Å². The number of carbonyl (C=O) groups is 1. The van der Waals surface area contributed by atoms with E-state index < -0.39 is 5.44 Å². The SMILES string of the molecule is CC(C)COCCOC(COc1cccc(NC(=O)CCOCCOCCNC(C)C)c1)SC#N. The molecule has 0 aliphatic heterocycles. The number of rotatable bonds is 21. The molecule has 1 rings (SSSR count). The quantitative estimate of drug-likeness (QED) is 0.145. The van der Waals surface area contributed by atoms with Crippen molar-refractivity contribution in [2.75, 3.05) is 64.7 Å². The Morgan fingerprint density at radius 1 is 1.00 bits per heavy atom. The smallest absolute Gasteiger partial charge is 0.226 e. The second-order valence-electron chi connectivity index (χ2n) is 8.45. The molecule has 10 heteroatoms. The van der Waals surface area contributed by atoms with Gasteiger partial charge in [-0.1, -0.05) is 33.8 Å². The molecule has 0 saturated carbocycles. The summed E-state index contributed by atoms with van der Waals surface area (Å²) in [6.07, 6.45) is 0.244. The largest absolute Gasteiger partial charge is 0.490 e. The Kier molecular flexibility index (Phi) is 18.1. The zero-order valence-corrected chi connectivity index (χ0v) is 22.2. The lowest BCUT2D eigenvalue weighted by atomic mass is 10.2. The van der Waals surface area contributed by atoms with Gasteiger partial charge < -0.3 is 34.3 Å². The highest BCUT2D eigenvalue weighted by Crippen LogP contribution is 2.20. The molecule has 2 N–H and O–H groups in total. The molecule has 9 nitrogen and oxygen atoms in total. The highest BCUT2D eigenvalue weighted by Gasteiger charge is 2.12. The van der Waals surface area contributed by atoms with Gasteiger partial charge in [-0.2, -0.15) is 5.26 Å². The van der Waals surface area contributed by atoms with E-state index >= 15 is 0 Å². The van der Waals surface area contributed by atoms with Gasteiger partial charge in [-0.05, 0) is 29.8 Å².